The Morgan fingerprint density at radius 3 is 2.69 bits per heavy atom. The Bertz CT molecular complexity index is 806. The van der Waals surface area contributed by atoms with Gasteiger partial charge in [-0.15, -0.1) is 0 Å². The Morgan fingerprint density at radius 2 is 2.04 bits per heavy atom. The largest absolute Gasteiger partial charge is 0.469 e. The van der Waals surface area contributed by atoms with Gasteiger partial charge in [-0.1, -0.05) is 17.7 Å². The molecule has 1 N–H and O–H groups in total. The summed E-state index contributed by atoms with van der Waals surface area (Å²) in [6.07, 6.45) is 5.00. The van der Waals surface area contributed by atoms with Gasteiger partial charge in [0.05, 0.1) is 18.2 Å². The number of amides is 1. The van der Waals surface area contributed by atoms with Crippen molar-refractivity contribution in [3.63, 3.8) is 0 Å². The molecule has 26 heavy (non-hydrogen) atoms. The van der Waals surface area contributed by atoms with E-state index in [2.05, 4.69) is 5.32 Å². The number of aryl methyl sites for hydroxylation is 1. The molecule has 0 unspecified atom stereocenters. The van der Waals surface area contributed by atoms with Crippen molar-refractivity contribution in [2.24, 2.45) is 0 Å². The lowest BCUT2D eigenvalue weighted by atomic mass is 10.2. The Kier molecular flexibility index (Phi) is 7.53. The zero-order chi connectivity index (χ0) is 19.0. The summed E-state index contributed by atoms with van der Waals surface area (Å²) in [7, 11) is -3.45. The molecule has 0 spiro atoms. The molecule has 0 saturated heterocycles. The molecule has 1 aromatic carbocycles. The summed E-state index contributed by atoms with van der Waals surface area (Å²) in [6.45, 7) is 0.780. The van der Waals surface area contributed by atoms with Gasteiger partial charge in [0, 0.05) is 31.0 Å². The van der Waals surface area contributed by atoms with Crippen LogP contribution in [0.2, 0.25) is 5.02 Å². The second-order valence-corrected chi connectivity index (χ2v) is 8.29. The van der Waals surface area contributed by atoms with Gasteiger partial charge in [-0.3, -0.25) is 9.10 Å². The third kappa shape index (κ3) is 6.72. The number of halogens is 1. The second-order valence-electron chi connectivity index (χ2n) is 5.95. The molecule has 0 aliphatic rings. The average molecular weight is 399 g/mol. The molecule has 0 atom stereocenters. The number of furan rings is 1. The number of rotatable bonds is 10. The van der Waals surface area contributed by atoms with Crippen LogP contribution < -0.4 is 9.62 Å². The first-order valence-corrected chi connectivity index (χ1v) is 10.6. The van der Waals surface area contributed by atoms with Gasteiger partial charge in [0.25, 0.3) is 0 Å². The lowest BCUT2D eigenvalue weighted by molar-refractivity contribution is -0.121. The van der Waals surface area contributed by atoms with Crippen LogP contribution in [0.3, 0.4) is 0 Å². The molecular formula is C18H23ClN2O4S. The summed E-state index contributed by atoms with van der Waals surface area (Å²) in [5.74, 6) is 0.800. The number of nitrogens with one attached hydrogen (secondary N) is 1. The Morgan fingerprint density at radius 1 is 1.23 bits per heavy atom. The van der Waals surface area contributed by atoms with Crippen LogP contribution in [-0.4, -0.2) is 33.7 Å². The first kappa shape index (κ1) is 20.3. The Balaban J connectivity index is 1.75. The maximum atomic E-state index is 12.0. The fourth-order valence-corrected chi connectivity index (χ4v) is 3.68. The lowest BCUT2D eigenvalue weighted by Crippen LogP contribution is -2.32. The van der Waals surface area contributed by atoms with E-state index in [1.165, 1.54) is 4.31 Å². The minimum absolute atomic E-state index is 0.0935. The van der Waals surface area contributed by atoms with Crippen molar-refractivity contribution in [1.82, 2.24) is 5.32 Å². The highest BCUT2D eigenvalue weighted by atomic mass is 35.5. The molecular weight excluding hydrogens is 376 g/mol. The van der Waals surface area contributed by atoms with E-state index in [1.807, 2.05) is 12.1 Å². The van der Waals surface area contributed by atoms with Crippen LogP contribution in [0.25, 0.3) is 0 Å². The molecule has 8 heteroatoms. The average Bonchev–Trinajstić information content (AvgIpc) is 3.08. The number of anilines is 1. The van der Waals surface area contributed by atoms with Gasteiger partial charge >= 0.3 is 0 Å². The van der Waals surface area contributed by atoms with Crippen LogP contribution in [-0.2, 0) is 21.2 Å². The van der Waals surface area contributed by atoms with E-state index in [0.717, 1.165) is 24.9 Å². The number of carbonyl (C=O) groups excluding carboxylic acids is 1. The van der Waals surface area contributed by atoms with Gasteiger partial charge < -0.3 is 9.73 Å². The van der Waals surface area contributed by atoms with Crippen molar-refractivity contribution in [2.75, 3.05) is 23.7 Å². The fraction of sp³-hybridized carbons (Fsp3) is 0.389. The van der Waals surface area contributed by atoms with E-state index in [0.29, 0.717) is 23.7 Å². The molecule has 0 radical (unpaired) electrons. The van der Waals surface area contributed by atoms with E-state index >= 15 is 0 Å². The summed E-state index contributed by atoms with van der Waals surface area (Å²) in [5, 5.41) is 3.30. The van der Waals surface area contributed by atoms with E-state index in [-0.39, 0.29) is 18.9 Å². The monoisotopic (exact) mass is 398 g/mol. The topological polar surface area (TPSA) is 79.6 Å². The third-order valence-electron chi connectivity index (χ3n) is 3.76. The first-order chi connectivity index (χ1) is 12.4. The van der Waals surface area contributed by atoms with E-state index < -0.39 is 10.0 Å². The highest BCUT2D eigenvalue weighted by molar-refractivity contribution is 7.92. The normalized spacial score (nSPS) is 11.3. The van der Waals surface area contributed by atoms with Crippen LogP contribution in [0.15, 0.2) is 47.1 Å². The standard InChI is InChI=1S/C18H23ClN2O4S/c1-26(23,24)21(16-7-2-6-15(19)14-16)12-4-10-18(22)20-11-3-8-17-9-5-13-25-17/h2,5-7,9,13-14H,3-4,8,10-12H2,1H3,(H,20,22). The highest BCUT2D eigenvalue weighted by Gasteiger charge is 2.17. The summed E-state index contributed by atoms with van der Waals surface area (Å²) in [5.41, 5.74) is 0.499. The van der Waals surface area contributed by atoms with Crippen molar-refractivity contribution >= 4 is 33.2 Å². The molecule has 0 saturated carbocycles. The molecule has 1 heterocycles. The van der Waals surface area contributed by atoms with Gasteiger partial charge in [-0.2, -0.15) is 0 Å². The highest BCUT2D eigenvalue weighted by Crippen LogP contribution is 2.22. The summed E-state index contributed by atoms with van der Waals surface area (Å²) >= 11 is 5.94. The van der Waals surface area contributed by atoms with E-state index in [4.69, 9.17) is 16.0 Å². The van der Waals surface area contributed by atoms with Crippen LogP contribution in [0.5, 0.6) is 0 Å². The van der Waals surface area contributed by atoms with Gasteiger partial charge in [0.2, 0.25) is 15.9 Å². The minimum Gasteiger partial charge on any atom is -0.469 e. The number of hydrogen-bond donors (Lipinski definition) is 1. The van der Waals surface area contributed by atoms with E-state index in [1.54, 1.807) is 30.5 Å². The Hall–Kier alpha value is -1.99. The molecule has 0 aliphatic heterocycles. The lowest BCUT2D eigenvalue weighted by Gasteiger charge is -2.22. The van der Waals surface area contributed by atoms with Crippen LogP contribution in [0, 0.1) is 0 Å². The van der Waals surface area contributed by atoms with Crippen LogP contribution in [0.4, 0.5) is 5.69 Å². The van der Waals surface area contributed by atoms with Crippen molar-refractivity contribution < 1.29 is 17.6 Å². The smallest absolute Gasteiger partial charge is 0.232 e. The van der Waals surface area contributed by atoms with Crippen molar-refractivity contribution in [1.29, 1.82) is 0 Å². The predicted molar refractivity (Wildman–Crippen MR) is 103 cm³/mol. The quantitative estimate of drug-likeness (QED) is 0.623. The molecule has 0 aliphatic carbocycles. The number of carbonyl (C=O) groups is 1. The molecule has 0 bridgehead atoms. The maximum Gasteiger partial charge on any atom is 0.232 e. The zero-order valence-corrected chi connectivity index (χ0v) is 16.2. The van der Waals surface area contributed by atoms with Crippen molar-refractivity contribution in [3.05, 3.63) is 53.4 Å². The number of nitrogens with zero attached hydrogens (tertiary/aromatic N) is 1. The van der Waals surface area contributed by atoms with Gasteiger partial charge in [-0.05, 0) is 43.2 Å². The minimum atomic E-state index is -3.45. The molecule has 6 nitrogen and oxygen atoms in total. The number of hydrogen-bond acceptors (Lipinski definition) is 4. The molecule has 1 amide bonds. The molecule has 142 valence electrons. The van der Waals surface area contributed by atoms with Gasteiger partial charge in [-0.25, -0.2) is 8.42 Å². The summed E-state index contributed by atoms with van der Waals surface area (Å²) < 4.78 is 30.5. The third-order valence-corrected chi connectivity index (χ3v) is 5.19. The Labute approximate surface area is 159 Å². The fourth-order valence-electron chi connectivity index (χ4n) is 2.53. The van der Waals surface area contributed by atoms with Crippen molar-refractivity contribution in [3.8, 4) is 0 Å². The van der Waals surface area contributed by atoms with Crippen LogP contribution >= 0.6 is 11.6 Å². The van der Waals surface area contributed by atoms with Gasteiger partial charge in [0.15, 0.2) is 0 Å². The summed E-state index contributed by atoms with van der Waals surface area (Å²) in [6, 6.07) is 10.4. The van der Waals surface area contributed by atoms with Gasteiger partial charge in [0.1, 0.15) is 5.76 Å². The zero-order valence-electron chi connectivity index (χ0n) is 14.7. The maximum absolute atomic E-state index is 12.0. The van der Waals surface area contributed by atoms with E-state index in [9.17, 15) is 13.2 Å². The molecule has 1 aromatic heterocycles. The SMILES string of the molecule is CS(=O)(=O)N(CCCC(=O)NCCCc1ccco1)c1cccc(Cl)c1. The predicted octanol–water partition coefficient (Wildman–Crippen LogP) is 3.23. The summed E-state index contributed by atoms with van der Waals surface area (Å²) in [4.78, 5) is 11.9. The van der Waals surface area contributed by atoms with Crippen LogP contribution in [0.1, 0.15) is 25.0 Å². The second kappa shape index (κ2) is 9.64. The first-order valence-electron chi connectivity index (χ1n) is 8.38. The van der Waals surface area contributed by atoms with Crippen molar-refractivity contribution in [2.45, 2.75) is 25.7 Å². The molecule has 2 rings (SSSR count). The number of sulfonamides is 1. The molecule has 0 fully saturated rings. The molecule has 2 aromatic rings. The number of benzene rings is 1.